The van der Waals surface area contributed by atoms with Gasteiger partial charge >= 0.3 is 12.1 Å². The molecule has 19 heavy (non-hydrogen) atoms. The second-order valence-corrected chi connectivity index (χ2v) is 3.89. The Labute approximate surface area is 106 Å². The summed E-state index contributed by atoms with van der Waals surface area (Å²) in [7, 11) is 0. The van der Waals surface area contributed by atoms with E-state index in [0.717, 1.165) is 6.07 Å². The van der Waals surface area contributed by atoms with Crippen LogP contribution >= 0.6 is 0 Å². The maximum atomic E-state index is 12.8. The van der Waals surface area contributed by atoms with Crippen LogP contribution in [0.25, 0.3) is 0 Å². The molecule has 0 aliphatic heterocycles. The number of carboxylic acids is 1. The Morgan fingerprint density at radius 2 is 2.00 bits per heavy atom. The Balaban J connectivity index is 2.30. The number of hydrogen-bond acceptors (Lipinski definition) is 2. The molecule has 0 aliphatic rings. The summed E-state index contributed by atoms with van der Waals surface area (Å²) < 4.78 is 39.6. The van der Waals surface area contributed by atoms with Crippen LogP contribution in [0.5, 0.6) is 0 Å². The lowest BCUT2D eigenvalue weighted by Crippen LogP contribution is -2.11. The van der Waals surface area contributed by atoms with Crippen LogP contribution in [0.1, 0.15) is 21.6 Å². The number of rotatable bonds is 3. The zero-order valence-electron chi connectivity index (χ0n) is 9.55. The van der Waals surface area contributed by atoms with Gasteiger partial charge in [0.1, 0.15) is 0 Å². The molecule has 0 amide bonds. The van der Waals surface area contributed by atoms with Gasteiger partial charge in [-0.15, -0.1) is 0 Å². The van der Waals surface area contributed by atoms with Crippen molar-refractivity contribution in [1.82, 2.24) is 9.55 Å². The van der Waals surface area contributed by atoms with E-state index in [-0.39, 0.29) is 17.8 Å². The standard InChI is InChI=1S/C12H9F3N2O2/c13-12(14,15)9-4-2-1-3-8(9)5-17-6-10(11(18)19)16-7-17/h1-4,6-7H,5H2,(H,18,19). The third kappa shape index (κ3) is 2.93. The van der Waals surface area contributed by atoms with Gasteiger partial charge < -0.3 is 9.67 Å². The molecule has 0 aliphatic carbocycles. The van der Waals surface area contributed by atoms with E-state index in [4.69, 9.17) is 5.11 Å². The molecule has 0 fully saturated rings. The molecule has 0 atom stereocenters. The number of carboxylic acid groups (broad SMARTS) is 1. The van der Waals surface area contributed by atoms with E-state index in [2.05, 4.69) is 4.98 Å². The molecule has 1 aromatic carbocycles. The van der Waals surface area contributed by atoms with Crippen molar-refractivity contribution in [2.45, 2.75) is 12.7 Å². The third-order valence-electron chi connectivity index (χ3n) is 2.53. The first-order valence-electron chi connectivity index (χ1n) is 5.28. The minimum absolute atomic E-state index is 0.0596. The van der Waals surface area contributed by atoms with E-state index < -0.39 is 17.7 Å². The highest BCUT2D eigenvalue weighted by Gasteiger charge is 2.32. The van der Waals surface area contributed by atoms with E-state index in [9.17, 15) is 18.0 Å². The van der Waals surface area contributed by atoms with Crippen LogP contribution in [0, 0.1) is 0 Å². The first-order chi connectivity index (χ1) is 8.88. The number of benzene rings is 1. The second-order valence-electron chi connectivity index (χ2n) is 3.89. The smallest absolute Gasteiger partial charge is 0.416 e. The van der Waals surface area contributed by atoms with Crippen LogP contribution in [0.15, 0.2) is 36.8 Å². The fourth-order valence-corrected chi connectivity index (χ4v) is 1.69. The normalized spacial score (nSPS) is 11.5. The number of hydrogen-bond donors (Lipinski definition) is 1. The van der Waals surface area contributed by atoms with E-state index in [1.165, 1.54) is 35.3 Å². The summed E-state index contributed by atoms with van der Waals surface area (Å²) in [4.78, 5) is 14.2. The molecule has 0 radical (unpaired) electrons. The highest BCUT2D eigenvalue weighted by atomic mass is 19.4. The summed E-state index contributed by atoms with van der Waals surface area (Å²) in [6.45, 7) is -0.0873. The van der Waals surface area contributed by atoms with Crippen LogP contribution in [-0.4, -0.2) is 20.6 Å². The van der Waals surface area contributed by atoms with Crippen molar-refractivity contribution in [2.75, 3.05) is 0 Å². The second kappa shape index (κ2) is 4.75. The van der Waals surface area contributed by atoms with Crippen LogP contribution < -0.4 is 0 Å². The summed E-state index contributed by atoms with van der Waals surface area (Å²) in [6.07, 6.45) is -2.06. The van der Waals surface area contributed by atoms with E-state index in [1.54, 1.807) is 0 Å². The summed E-state index contributed by atoms with van der Waals surface area (Å²) in [6, 6.07) is 5.15. The topological polar surface area (TPSA) is 55.1 Å². The SMILES string of the molecule is O=C(O)c1cn(Cc2ccccc2C(F)(F)F)cn1. The first kappa shape index (κ1) is 13.1. The molecule has 0 spiro atoms. The average Bonchev–Trinajstić information content (AvgIpc) is 2.77. The van der Waals surface area contributed by atoms with Crippen LogP contribution in [0.3, 0.4) is 0 Å². The van der Waals surface area contributed by atoms with Crippen molar-refractivity contribution in [2.24, 2.45) is 0 Å². The monoisotopic (exact) mass is 270 g/mol. The van der Waals surface area contributed by atoms with Gasteiger partial charge in [0.25, 0.3) is 0 Å². The number of aromatic nitrogens is 2. The van der Waals surface area contributed by atoms with Gasteiger partial charge in [0.2, 0.25) is 0 Å². The number of halogens is 3. The van der Waals surface area contributed by atoms with Crippen molar-refractivity contribution in [1.29, 1.82) is 0 Å². The number of nitrogens with zero attached hydrogens (tertiary/aromatic N) is 2. The average molecular weight is 270 g/mol. The molecule has 0 bridgehead atoms. The zero-order valence-corrected chi connectivity index (χ0v) is 9.55. The minimum atomic E-state index is -4.44. The molecule has 0 saturated heterocycles. The lowest BCUT2D eigenvalue weighted by molar-refractivity contribution is -0.138. The van der Waals surface area contributed by atoms with Crippen molar-refractivity contribution in [3.05, 3.63) is 53.6 Å². The van der Waals surface area contributed by atoms with Gasteiger partial charge in [0, 0.05) is 12.7 Å². The van der Waals surface area contributed by atoms with Gasteiger partial charge in [-0.25, -0.2) is 9.78 Å². The first-order valence-corrected chi connectivity index (χ1v) is 5.28. The van der Waals surface area contributed by atoms with E-state index in [1.807, 2.05) is 0 Å². The van der Waals surface area contributed by atoms with Crippen molar-refractivity contribution >= 4 is 5.97 Å². The molecule has 0 saturated carbocycles. The van der Waals surface area contributed by atoms with Gasteiger partial charge in [-0.2, -0.15) is 13.2 Å². The highest BCUT2D eigenvalue weighted by Crippen LogP contribution is 2.32. The Morgan fingerprint density at radius 3 is 2.58 bits per heavy atom. The zero-order chi connectivity index (χ0) is 14.0. The fraction of sp³-hybridized carbons (Fsp3) is 0.167. The number of aromatic carboxylic acids is 1. The third-order valence-corrected chi connectivity index (χ3v) is 2.53. The summed E-state index contributed by atoms with van der Waals surface area (Å²) in [5.41, 5.74) is -0.880. The molecular formula is C12H9F3N2O2. The quantitative estimate of drug-likeness (QED) is 0.932. The lowest BCUT2D eigenvalue weighted by atomic mass is 10.1. The molecule has 1 heterocycles. The molecule has 0 unspecified atom stereocenters. The lowest BCUT2D eigenvalue weighted by Gasteiger charge is -2.12. The maximum Gasteiger partial charge on any atom is 0.416 e. The van der Waals surface area contributed by atoms with Crippen molar-refractivity contribution in [3.8, 4) is 0 Å². The van der Waals surface area contributed by atoms with Crippen molar-refractivity contribution < 1.29 is 23.1 Å². The molecule has 2 rings (SSSR count). The molecule has 1 N–H and O–H groups in total. The molecule has 4 nitrogen and oxygen atoms in total. The molecule has 100 valence electrons. The molecular weight excluding hydrogens is 261 g/mol. The van der Waals surface area contributed by atoms with Gasteiger partial charge in [0.15, 0.2) is 5.69 Å². The van der Waals surface area contributed by atoms with Gasteiger partial charge in [-0.3, -0.25) is 0 Å². The summed E-state index contributed by atoms with van der Waals surface area (Å²) >= 11 is 0. The Morgan fingerprint density at radius 1 is 1.32 bits per heavy atom. The molecule has 7 heteroatoms. The predicted octanol–water partition coefficient (Wildman–Crippen LogP) is 2.65. The van der Waals surface area contributed by atoms with Gasteiger partial charge in [-0.05, 0) is 11.6 Å². The van der Waals surface area contributed by atoms with Crippen LogP contribution in [-0.2, 0) is 12.7 Å². The van der Waals surface area contributed by atoms with Gasteiger partial charge in [-0.1, -0.05) is 18.2 Å². The van der Waals surface area contributed by atoms with Crippen LogP contribution in [0.2, 0.25) is 0 Å². The van der Waals surface area contributed by atoms with Gasteiger partial charge in [0.05, 0.1) is 11.9 Å². The minimum Gasteiger partial charge on any atom is -0.476 e. The molecule has 1 aromatic heterocycles. The predicted molar refractivity (Wildman–Crippen MR) is 59.7 cm³/mol. The number of imidazole rings is 1. The van der Waals surface area contributed by atoms with Crippen LogP contribution in [0.4, 0.5) is 13.2 Å². The van der Waals surface area contributed by atoms with E-state index >= 15 is 0 Å². The fourth-order valence-electron chi connectivity index (χ4n) is 1.69. The highest BCUT2D eigenvalue weighted by molar-refractivity contribution is 5.84. The number of carbonyl (C=O) groups is 1. The van der Waals surface area contributed by atoms with Crippen molar-refractivity contribution in [3.63, 3.8) is 0 Å². The largest absolute Gasteiger partial charge is 0.476 e. The van der Waals surface area contributed by atoms with E-state index in [0.29, 0.717) is 0 Å². The Bertz CT molecular complexity index is 605. The maximum absolute atomic E-state index is 12.8. The Kier molecular flexibility index (Phi) is 3.28. The number of alkyl halides is 3. The Hall–Kier alpha value is -2.31. The summed E-state index contributed by atoms with van der Waals surface area (Å²) in [5.74, 6) is -1.22. The molecule has 2 aromatic rings. The summed E-state index contributed by atoms with van der Waals surface area (Å²) in [5, 5.41) is 8.69.